The Labute approximate surface area is 160 Å². The molecule has 1 saturated heterocycles. The molecule has 1 aliphatic heterocycles. The number of methoxy groups -OCH3 is 2. The van der Waals surface area contributed by atoms with Gasteiger partial charge >= 0.3 is 0 Å². The first-order valence-electron chi connectivity index (χ1n) is 9.28. The second-order valence-corrected chi connectivity index (χ2v) is 7.05. The molecule has 2 heterocycles. The number of nitrogens with zero attached hydrogens (tertiary/aromatic N) is 4. The fraction of sp³-hybridized carbons (Fsp3) is 0.500. The van der Waals surface area contributed by atoms with Crippen molar-refractivity contribution in [3.8, 4) is 11.5 Å². The summed E-state index contributed by atoms with van der Waals surface area (Å²) in [5.74, 6) is 1.73. The zero-order valence-electron chi connectivity index (χ0n) is 16.5. The number of aromatic nitrogens is 2. The Kier molecular flexibility index (Phi) is 6.01. The number of carbonyl (C=O) groups excluding carboxylic acids is 1. The molecule has 146 valence electrons. The van der Waals surface area contributed by atoms with Crippen LogP contribution in [-0.2, 0) is 6.54 Å². The Morgan fingerprint density at radius 1 is 1.15 bits per heavy atom. The van der Waals surface area contributed by atoms with Crippen molar-refractivity contribution in [2.24, 2.45) is 0 Å². The van der Waals surface area contributed by atoms with E-state index in [0.717, 1.165) is 36.7 Å². The molecule has 0 aliphatic carbocycles. The van der Waals surface area contributed by atoms with E-state index in [2.05, 4.69) is 10.00 Å². The van der Waals surface area contributed by atoms with Crippen LogP contribution in [0.3, 0.4) is 0 Å². The fourth-order valence-corrected chi connectivity index (χ4v) is 3.27. The third kappa shape index (κ3) is 4.42. The van der Waals surface area contributed by atoms with Crippen molar-refractivity contribution in [1.82, 2.24) is 19.6 Å². The summed E-state index contributed by atoms with van der Waals surface area (Å²) in [7, 11) is 3.34. The maximum Gasteiger partial charge on any atom is 0.257 e. The van der Waals surface area contributed by atoms with Crippen molar-refractivity contribution in [2.45, 2.75) is 26.4 Å². The Hall–Kier alpha value is -2.54. The summed E-state index contributed by atoms with van der Waals surface area (Å²) < 4.78 is 12.6. The lowest BCUT2D eigenvalue weighted by atomic mass is 10.1. The van der Waals surface area contributed by atoms with Crippen LogP contribution in [-0.4, -0.2) is 65.9 Å². The van der Waals surface area contributed by atoms with Gasteiger partial charge in [-0.1, -0.05) is 0 Å². The van der Waals surface area contributed by atoms with Gasteiger partial charge in [0, 0.05) is 50.5 Å². The number of piperazine rings is 1. The molecule has 0 spiro atoms. The van der Waals surface area contributed by atoms with Crippen LogP contribution in [0.4, 0.5) is 0 Å². The minimum atomic E-state index is 0.0560. The molecule has 0 unspecified atom stereocenters. The highest BCUT2D eigenvalue weighted by Gasteiger charge is 2.24. The van der Waals surface area contributed by atoms with Crippen LogP contribution >= 0.6 is 0 Å². The minimum Gasteiger partial charge on any atom is -0.497 e. The lowest BCUT2D eigenvalue weighted by Crippen LogP contribution is -2.48. The van der Waals surface area contributed by atoms with Crippen molar-refractivity contribution < 1.29 is 14.3 Å². The number of carbonyl (C=O) groups is 1. The summed E-state index contributed by atoms with van der Waals surface area (Å²) in [6.45, 7) is 7.93. The van der Waals surface area contributed by atoms with Crippen molar-refractivity contribution in [1.29, 1.82) is 0 Å². The molecule has 1 amide bonds. The van der Waals surface area contributed by atoms with Gasteiger partial charge in [-0.25, -0.2) is 0 Å². The van der Waals surface area contributed by atoms with Gasteiger partial charge in [0.05, 0.1) is 26.0 Å². The number of hydrogen-bond acceptors (Lipinski definition) is 5. The Bertz CT molecular complexity index is 779. The number of ether oxygens (including phenoxy) is 2. The summed E-state index contributed by atoms with van der Waals surface area (Å²) in [6, 6.07) is 6.09. The lowest BCUT2D eigenvalue weighted by molar-refractivity contribution is 0.0627. The quantitative estimate of drug-likeness (QED) is 0.779. The Morgan fingerprint density at radius 3 is 2.48 bits per heavy atom. The maximum absolute atomic E-state index is 12.7. The largest absolute Gasteiger partial charge is 0.497 e. The van der Waals surface area contributed by atoms with Crippen LogP contribution < -0.4 is 9.47 Å². The normalized spacial score (nSPS) is 15.2. The average molecular weight is 372 g/mol. The molecule has 7 heteroatoms. The standard InChI is InChI=1S/C20H28N4O3/c1-15(2)24-14-17(12-21-24)20(25)23-9-7-22(8-10-23)13-16-11-18(26-3)5-6-19(16)27-4/h5-6,11-12,14-15H,7-10,13H2,1-4H3. The van der Waals surface area contributed by atoms with E-state index in [9.17, 15) is 4.79 Å². The smallest absolute Gasteiger partial charge is 0.257 e. The Morgan fingerprint density at radius 2 is 1.89 bits per heavy atom. The van der Waals surface area contributed by atoms with Crippen LogP contribution in [0.15, 0.2) is 30.6 Å². The topological polar surface area (TPSA) is 59.8 Å². The van der Waals surface area contributed by atoms with Gasteiger partial charge in [0.25, 0.3) is 5.91 Å². The van der Waals surface area contributed by atoms with E-state index in [1.54, 1.807) is 20.4 Å². The second kappa shape index (κ2) is 8.43. The maximum atomic E-state index is 12.7. The van der Waals surface area contributed by atoms with Crippen molar-refractivity contribution in [2.75, 3.05) is 40.4 Å². The molecular formula is C20H28N4O3. The molecule has 1 aliphatic rings. The first-order valence-corrected chi connectivity index (χ1v) is 9.28. The first-order chi connectivity index (χ1) is 13.0. The highest BCUT2D eigenvalue weighted by molar-refractivity contribution is 5.93. The molecule has 1 aromatic carbocycles. The van der Waals surface area contributed by atoms with Gasteiger partial charge in [0.1, 0.15) is 11.5 Å². The van der Waals surface area contributed by atoms with Gasteiger partial charge in [-0.3, -0.25) is 14.4 Å². The van der Waals surface area contributed by atoms with Gasteiger partial charge in [0.2, 0.25) is 0 Å². The van der Waals surface area contributed by atoms with Crippen molar-refractivity contribution in [3.05, 3.63) is 41.7 Å². The van der Waals surface area contributed by atoms with E-state index in [4.69, 9.17) is 9.47 Å². The number of benzene rings is 1. The summed E-state index contributed by atoms with van der Waals surface area (Å²) in [5, 5.41) is 4.27. The molecule has 27 heavy (non-hydrogen) atoms. The lowest BCUT2D eigenvalue weighted by Gasteiger charge is -2.34. The number of amides is 1. The van der Waals surface area contributed by atoms with E-state index in [1.165, 1.54) is 0 Å². The number of rotatable bonds is 6. The number of hydrogen-bond donors (Lipinski definition) is 0. The minimum absolute atomic E-state index is 0.0560. The van der Waals surface area contributed by atoms with Crippen LogP contribution in [0.1, 0.15) is 35.8 Å². The molecule has 0 N–H and O–H groups in total. The van der Waals surface area contributed by atoms with Gasteiger partial charge in [-0.05, 0) is 32.0 Å². The second-order valence-electron chi connectivity index (χ2n) is 7.05. The average Bonchev–Trinajstić information content (AvgIpc) is 3.18. The predicted octanol–water partition coefficient (Wildman–Crippen LogP) is 2.44. The SMILES string of the molecule is COc1ccc(OC)c(CN2CCN(C(=O)c3cnn(C(C)C)c3)CC2)c1. The van der Waals surface area contributed by atoms with Crippen LogP contribution in [0.2, 0.25) is 0 Å². The van der Waals surface area contributed by atoms with Crippen LogP contribution in [0.5, 0.6) is 11.5 Å². The molecule has 0 saturated carbocycles. The van der Waals surface area contributed by atoms with E-state index in [1.807, 2.05) is 47.8 Å². The van der Waals surface area contributed by atoms with E-state index in [0.29, 0.717) is 18.7 Å². The summed E-state index contributed by atoms with van der Waals surface area (Å²) in [4.78, 5) is 16.9. The monoisotopic (exact) mass is 372 g/mol. The molecule has 3 rings (SSSR count). The van der Waals surface area contributed by atoms with Gasteiger partial charge in [-0.15, -0.1) is 0 Å². The molecule has 1 fully saturated rings. The molecule has 0 radical (unpaired) electrons. The fourth-order valence-electron chi connectivity index (χ4n) is 3.27. The van der Waals surface area contributed by atoms with E-state index < -0.39 is 0 Å². The summed E-state index contributed by atoms with van der Waals surface area (Å²) >= 11 is 0. The van der Waals surface area contributed by atoms with Crippen molar-refractivity contribution >= 4 is 5.91 Å². The van der Waals surface area contributed by atoms with Gasteiger partial charge < -0.3 is 14.4 Å². The van der Waals surface area contributed by atoms with Gasteiger partial charge in [-0.2, -0.15) is 5.10 Å². The third-order valence-corrected chi connectivity index (χ3v) is 4.92. The first kappa shape index (κ1) is 19.2. The molecule has 7 nitrogen and oxygen atoms in total. The zero-order chi connectivity index (χ0) is 19.4. The van der Waals surface area contributed by atoms with Gasteiger partial charge in [0.15, 0.2) is 0 Å². The molecule has 2 aromatic rings. The Balaban J connectivity index is 1.59. The highest BCUT2D eigenvalue weighted by atomic mass is 16.5. The molecular weight excluding hydrogens is 344 g/mol. The van der Waals surface area contributed by atoms with Crippen LogP contribution in [0.25, 0.3) is 0 Å². The highest BCUT2D eigenvalue weighted by Crippen LogP contribution is 2.25. The molecule has 0 bridgehead atoms. The van der Waals surface area contributed by atoms with E-state index >= 15 is 0 Å². The summed E-state index contributed by atoms with van der Waals surface area (Å²) in [5.41, 5.74) is 1.75. The predicted molar refractivity (Wildman–Crippen MR) is 103 cm³/mol. The van der Waals surface area contributed by atoms with Crippen LogP contribution in [0, 0.1) is 0 Å². The third-order valence-electron chi connectivity index (χ3n) is 4.92. The summed E-state index contributed by atoms with van der Waals surface area (Å²) in [6.07, 6.45) is 3.50. The van der Waals surface area contributed by atoms with Crippen molar-refractivity contribution in [3.63, 3.8) is 0 Å². The zero-order valence-corrected chi connectivity index (χ0v) is 16.5. The molecule has 1 aromatic heterocycles. The van der Waals surface area contributed by atoms with E-state index in [-0.39, 0.29) is 11.9 Å². The molecule has 0 atom stereocenters.